The van der Waals surface area contributed by atoms with E-state index < -0.39 is 36.4 Å². The monoisotopic (exact) mass is 517 g/mol. The van der Waals surface area contributed by atoms with Gasteiger partial charge in [0.25, 0.3) is 0 Å². The Hall–Kier alpha value is -2.34. The highest BCUT2D eigenvalue weighted by Crippen LogP contribution is 2.18. The average Bonchev–Trinajstić information content (AvgIpc) is 2.78. The van der Waals surface area contributed by atoms with Crippen molar-refractivity contribution >= 4 is 29.7 Å². The predicted molar refractivity (Wildman–Crippen MR) is 134 cm³/mol. The number of carboxylic acids is 3. The molecule has 1 unspecified atom stereocenters. The van der Waals surface area contributed by atoms with Gasteiger partial charge in [-0.25, -0.2) is 4.79 Å². The lowest BCUT2D eigenvalue weighted by Crippen LogP contribution is -2.42. The molecule has 0 aliphatic carbocycles. The Morgan fingerprint density at radius 3 is 2.06 bits per heavy atom. The van der Waals surface area contributed by atoms with Gasteiger partial charge in [0.05, 0.1) is 19.4 Å². The Bertz CT molecular complexity index is 755. The summed E-state index contributed by atoms with van der Waals surface area (Å²) in [7, 11) is 0. The number of benzene rings is 1. The molecule has 0 fully saturated rings. The Kier molecular flexibility index (Phi) is 16.8. The number of rotatable bonds is 17. The van der Waals surface area contributed by atoms with Crippen LogP contribution in [0.25, 0.3) is 0 Å². The van der Waals surface area contributed by atoms with E-state index in [9.17, 15) is 14.4 Å². The molecule has 200 valence electrons. The zero-order valence-electron chi connectivity index (χ0n) is 20.9. The summed E-state index contributed by atoms with van der Waals surface area (Å²) < 4.78 is 12.0. The summed E-state index contributed by atoms with van der Waals surface area (Å²) in [6, 6.07) is 8.15. The third-order valence-corrected chi connectivity index (χ3v) is 5.98. The fourth-order valence-corrected chi connectivity index (χ4v) is 3.59. The minimum Gasteiger partial charge on any atom is -0.491 e. The maximum absolute atomic E-state index is 10.3. The fourth-order valence-electron chi connectivity index (χ4n) is 2.90. The number of aliphatic carboxylic acids is 3. The van der Waals surface area contributed by atoms with Crippen LogP contribution >= 0.6 is 11.8 Å². The molecule has 0 aromatic heterocycles. The number of ether oxygens (including phenoxy) is 2. The molecule has 0 spiro atoms. The van der Waals surface area contributed by atoms with E-state index in [1.807, 2.05) is 30.0 Å². The molecular formula is C24H39NO9S. The van der Waals surface area contributed by atoms with Crippen LogP contribution in [0.3, 0.4) is 0 Å². The Labute approximate surface area is 211 Å². The van der Waals surface area contributed by atoms with Gasteiger partial charge in [0.15, 0.2) is 5.60 Å². The smallest absolute Gasteiger partial charge is 0.336 e. The van der Waals surface area contributed by atoms with E-state index in [2.05, 4.69) is 38.7 Å². The SMILES string of the molecule is CCSCC(COc1ccccc1C)OCCN(CC)CC.O=C(O)CC(O)(CC(=O)O)C(=O)O. The molecule has 10 nitrogen and oxygen atoms in total. The Balaban J connectivity index is 0.000000761. The van der Waals surface area contributed by atoms with Gasteiger partial charge in [0.2, 0.25) is 0 Å². The van der Waals surface area contributed by atoms with Crippen LogP contribution in [0.15, 0.2) is 24.3 Å². The lowest BCUT2D eigenvalue weighted by molar-refractivity contribution is -0.170. The first-order chi connectivity index (χ1) is 16.5. The number of carbonyl (C=O) groups is 3. The summed E-state index contributed by atoms with van der Waals surface area (Å²) in [5.74, 6) is -1.96. The van der Waals surface area contributed by atoms with Crippen LogP contribution in [-0.2, 0) is 19.1 Å². The summed E-state index contributed by atoms with van der Waals surface area (Å²) in [6.07, 6.45) is -2.14. The highest BCUT2D eigenvalue weighted by Gasteiger charge is 2.40. The topological polar surface area (TPSA) is 154 Å². The van der Waals surface area contributed by atoms with Crippen molar-refractivity contribution < 1.29 is 44.3 Å². The van der Waals surface area contributed by atoms with Gasteiger partial charge < -0.3 is 34.8 Å². The number of thioether (sulfide) groups is 1. The largest absolute Gasteiger partial charge is 0.491 e. The molecule has 1 aromatic rings. The van der Waals surface area contributed by atoms with Gasteiger partial charge in [-0.1, -0.05) is 39.0 Å². The lowest BCUT2D eigenvalue weighted by Gasteiger charge is -2.22. The minimum absolute atomic E-state index is 0.153. The third kappa shape index (κ3) is 14.6. The normalized spacial score (nSPS) is 11.9. The zero-order valence-corrected chi connectivity index (χ0v) is 21.8. The van der Waals surface area contributed by atoms with Gasteiger partial charge >= 0.3 is 17.9 Å². The summed E-state index contributed by atoms with van der Waals surface area (Å²) in [5, 5.41) is 33.8. The average molecular weight is 518 g/mol. The van der Waals surface area contributed by atoms with Gasteiger partial charge in [0, 0.05) is 12.3 Å². The molecule has 11 heteroatoms. The van der Waals surface area contributed by atoms with Crippen molar-refractivity contribution in [2.24, 2.45) is 0 Å². The van der Waals surface area contributed by atoms with Gasteiger partial charge in [-0.2, -0.15) is 11.8 Å². The van der Waals surface area contributed by atoms with E-state index in [1.165, 1.54) is 5.56 Å². The molecule has 1 rings (SSSR count). The fraction of sp³-hybridized carbons (Fsp3) is 0.625. The highest BCUT2D eigenvalue weighted by atomic mass is 32.2. The van der Waals surface area contributed by atoms with Gasteiger partial charge in [-0.05, 0) is 37.4 Å². The molecule has 0 radical (unpaired) electrons. The van der Waals surface area contributed by atoms with E-state index in [0.717, 1.165) is 43.5 Å². The van der Waals surface area contributed by atoms with Crippen molar-refractivity contribution in [2.45, 2.75) is 52.2 Å². The zero-order chi connectivity index (χ0) is 26.9. The van der Waals surface area contributed by atoms with Crippen LogP contribution in [-0.4, -0.2) is 99.3 Å². The number of aliphatic hydroxyl groups is 1. The summed E-state index contributed by atoms with van der Waals surface area (Å²) in [6.45, 7) is 13.2. The first-order valence-corrected chi connectivity index (χ1v) is 12.6. The molecule has 35 heavy (non-hydrogen) atoms. The van der Waals surface area contributed by atoms with Crippen molar-refractivity contribution in [3.63, 3.8) is 0 Å². The number of carboxylic acid groups (broad SMARTS) is 3. The van der Waals surface area contributed by atoms with Crippen LogP contribution in [0.4, 0.5) is 0 Å². The van der Waals surface area contributed by atoms with Crippen LogP contribution in [0.1, 0.15) is 39.2 Å². The van der Waals surface area contributed by atoms with Crippen LogP contribution < -0.4 is 4.74 Å². The summed E-state index contributed by atoms with van der Waals surface area (Å²) in [5.41, 5.74) is -1.56. The van der Waals surface area contributed by atoms with Crippen molar-refractivity contribution in [1.29, 1.82) is 0 Å². The minimum atomic E-state index is -2.74. The number of nitrogens with zero attached hydrogens (tertiary/aromatic N) is 1. The Morgan fingerprint density at radius 1 is 1.03 bits per heavy atom. The second-order valence-electron chi connectivity index (χ2n) is 7.73. The molecule has 0 aliphatic heterocycles. The first kappa shape index (κ1) is 32.7. The number of likely N-dealkylation sites (N-methyl/N-ethyl adjacent to an activating group) is 1. The lowest BCUT2D eigenvalue weighted by atomic mass is 9.96. The first-order valence-electron chi connectivity index (χ1n) is 11.5. The van der Waals surface area contributed by atoms with Crippen LogP contribution in [0.5, 0.6) is 5.75 Å². The van der Waals surface area contributed by atoms with Crippen molar-refractivity contribution in [3.8, 4) is 5.75 Å². The molecule has 4 N–H and O–H groups in total. The molecule has 0 saturated heterocycles. The molecule has 1 aromatic carbocycles. The number of para-hydroxylation sites is 1. The standard InChI is InChI=1S/C18H31NO2S.C6H8O7/c1-5-19(6-2)12-13-20-17(15-22-7-3)14-21-18-11-9-8-10-16(18)4;7-3(8)1-6(13,5(11)12)2-4(9)10/h8-11,17H,5-7,12-15H2,1-4H3;13H,1-2H2,(H,7,8)(H,9,10)(H,11,12). The van der Waals surface area contributed by atoms with Crippen molar-refractivity contribution in [2.75, 3.05) is 44.4 Å². The van der Waals surface area contributed by atoms with E-state index in [-0.39, 0.29) is 6.10 Å². The summed E-state index contributed by atoms with van der Waals surface area (Å²) >= 11 is 1.91. The van der Waals surface area contributed by atoms with E-state index in [4.69, 9.17) is 29.9 Å². The predicted octanol–water partition coefficient (Wildman–Crippen LogP) is 2.61. The number of hydrogen-bond donors (Lipinski definition) is 4. The maximum atomic E-state index is 10.3. The molecule has 1 atom stereocenters. The molecule has 0 aliphatic rings. The van der Waals surface area contributed by atoms with Crippen LogP contribution in [0.2, 0.25) is 0 Å². The van der Waals surface area contributed by atoms with Crippen molar-refractivity contribution in [3.05, 3.63) is 29.8 Å². The molecular weight excluding hydrogens is 478 g/mol. The molecule has 0 heterocycles. The second kappa shape index (κ2) is 18.0. The highest BCUT2D eigenvalue weighted by molar-refractivity contribution is 7.99. The maximum Gasteiger partial charge on any atom is 0.336 e. The van der Waals surface area contributed by atoms with E-state index in [0.29, 0.717) is 6.61 Å². The quantitative estimate of drug-likeness (QED) is 0.241. The second-order valence-corrected chi connectivity index (χ2v) is 9.05. The van der Waals surface area contributed by atoms with E-state index >= 15 is 0 Å². The molecule has 0 bridgehead atoms. The number of aryl methyl sites for hydroxylation is 1. The van der Waals surface area contributed by atoms with Crippen LogP contribution in [0, 0.1) is 6.92 Å². The van der Waals surface area contributed by atoms with E-state index in [1.54, 1.807) is 0 Å². The summed E-state index contributed by atoms with van der Waals surface area (Å²) in [4.78, 5) is 32.9. The van der Waals surface area contributed by atoms with Crippen molar-refractivity contribution in [1.82, 2.24) is 4.90 Å². The van der Waals surface area contributed by atoms with Gasteiger partial charge in [-0.3, -0.25) is 9.59 Å². The number of hydrogen-bond acceptors (Lipinski definition) is 8. The van der Waals surface area contributed by atoms with Gasteiger partial charge in [-0.15, -0.1) is 0 Å². The Morgan fingerprint density at radius 2 is 1.60 bits per heavy atom. The molecule has 0 saturated carbocycles. The third-order valence-electron chi connectivity index (χ3n) is 4.97. The molecule has 0 amide bonds. The van der Waals surface area contributed by atoms with Gasteiger partial charge in [0.1, 0.15) is 18.5 Å².